The van der Waals surface area contributed by atoms with Gasteiger partial charge in [-0.25, -0.2) is 9.50 Å². The van der Waals surface area contributed by atoms with E-state index < -0.39 is 0 Å². The van der Waals surface area contributed by atoms with Crippen molar-refractivity contribution in [2.45, 2.75) is 45.6 Å². The Balaban J connectivity index is 1.84. The molecule has 0 aliphatic carbocycles. The highest BCUT2D eigenvalue weighted by Crippen LogP contribution is 2.28. The van der Waals surface area contributed by atoms with E-state index in [2.05, 4.69) is 37.7 Å². The van der Waals surface area contributed by atoms with Crippen LogP contribution in [-0.4, -0.2) is 40.4 Å². The van der Waals surface area contributed by atoms with E-state index in [9.17, 15) is 0 Å². The van der Waals surface area contributed by atoms with Gasteiger partial charge in [0.15, 0.2) is 0 Å². The lowest BCUT2D eigenvalue weighted by Crippen LogP contribution is -2.42. The normalized spacial score (nSPS) is 20.8. The van der Waals surface area contributed by atoms with Crippen molar-refractivity contribution in [1.82, 2.24) is 14.6 Å². The summed E-state index contributed by atoms with van der Waals surface area (Å²) in [5, 5.41) is 5.73. The lowest BCUT2D eigenvalue weighted by Gasteiger charge is -2.31. The van der Waals surface area contributed by atoms with Gasteiger partial charge in [-0.1, -0.05) is 39.0 Å². The number of anilines is 1. The zero-order valence-corrected chi connectivity index (χ0v) is 13.4. The highest BCUT2D eigenvalue weighted by atomic mass is 32.1. The van der Waals surface area contributed by atoms with Crippen LogP contribution in [0.2, 0.25) is 0 Å². The number of rotatable bonds is 2. The second-order valence-corrected chi connectivity index (χ2v) is 7.27. The number of fused-ring (bicyclic) bond motifs is 1. The van der Waals surface area contributed by atoms with E-state index in [4.69, 9.17) is 9.72 Å². The van der Waals surface area contributed by atoms with Crippen LogP contribution in [0.3, 0.4) is 0 Å². The maximum Gasteiger partial charge on any atom is 0.214 e. The van der Waals surface area contributed by atoms with Crippen LogP contribution >= 0.6 is 11.3 Å². The van der Waals surface area contributed by atoms with Crippen molar-refractivity contribution >= 4 is 21.4 Å². The third-order valence-electron chi connectivity index (χ3n) is 3.67. The first kappa shape index (κ1) is 13.8. The fourth-order valence-corrected chi connectivity index (χ4v) is 3.24. The molecule has 0 N–H and O–H groups in total. The van der Waals surface area contributed by atoms with E-state index in [1.165, 1.54) is 0 Å². The van der Waals surface area contributed by atoms with Gasteiger partial charge >= 0.3 is 0 Å². The van der Waals surface area contributed by atoms with Gasteiger partial charge in [0.1, 0.15) is 0 Å². The summed E-state index contributed by atoms with van der Waals surface area (Å²) in [6, 6.07) is 0. The van der Waals surface area contributed by atoms with E-state index in [1.54, 1.807) is 11.3 Å². The fraction of sp³-hybridized carbons (Fsp3) is 0.714. The van der Waals surface area contributed by atoms with E-state index in [0.717, 1.165) is 41.9 Å². The van der Waals surface area contributed by atoms with Crippen molar-refractivity contribution in [3.8, 4) is 0 Å². The number of morpholine rings is 1. The molecule has 110 valence electrons. The number of hydrogen-bond acceptors (Lipinski definition) is 5. The SMILES string of the molecule is CC[C@@H]1CN(c2nn3cc(C(C)(C)C)nc3s2)CCO1. The zero-order chi connectivity index (χ0) is 14.3. The Bertz CT molecular complexity index is 566. The molecule has 1 fully saturated rings. The topological polar surface area (TPSA) is 42.7 Å². The average Bonchev–Trinajstić information content (AvgIpc) is 2.96. The lowest BCUT2D eigenvalue weighted by atomic mass is 9.93. The standard InChI is InChI=1S/C14H22N4OS/c1-5-10-8-17(6-7-19-10)13-16-18-9-11(14(2,3)4)15-12(18)20-13/h9-10H,5-8H2,1-4H3/t10-/m1/s1. The molecule has 6 heteroatoms. The molecule has 0 aromatic carbocycles. The molecular formula is C14H22N4OS. The highest BCUT2D eigenvalue weighted by Gasteiger charge is 2.24. The van der Waals surface area contributed by atoms with E-state index in [1.807, 2.05) is 10.7 Å². The molecule has 2 aromatic rings. The second-order valence-electron chi connectivity index (χ2n) is 6.33. The summed E-state index contributed by atoms with van der Waals surface area (Å²) in [4.78, 5) is 7.99. The van der Waals surface area contributed by atoms with Crippen LogP contribution in [0.25, 0.3) is 4.96 Å². The maximum absolute atomic E-state index is 5.71. The molecular weight excluding hydrogens is 272 g/mol. The van der Waals surface area contributed by atoms with Crippen LogP contribution in [0.5, 0.6) is 0 Å². The Morgan fingerprint density at radius 3 is 2.90 bits per heavy atom. The first-order valence-corrected chi connectivity index (χ1v) is 8.02. The highest BCUT2D eigenvalue weighted by molar-refractivity contribution is 7.20. The summed E-state index contributed by atoms with van der Waals surface area (Å²) in [6.07, 6.45) is 3.42. The summed E-state index contributed by atoms with van der Waals surface area (Å²) < 4.78 is 7.62. The van der Waals surface area contributed by atoms with Crippen LogP contribution in [0, 0.1) is 0 Å². The first-order chi connectivity index (χ1) is 9.47. The van der Waals surface area contributed by atoms with Gasteiger partial charge in [0.25, 0.3) is 0 Å². The molecule has 1 aliphatic rings. The molecule has 5 nitrogen and oxygen atoms in total. The van der Waals surface area contributed by atoms with Gasteiger partial charge in [-0.05, 0) is 6.42 Å². The minimum Gasteiger partial charge on any atom is -0.375 e. The average molecular weight is 294 g/mol. The van der Waals surface area contributed by atoms with Crippen molar-refractivity contribution < 1.29 is 4.74 Å². The van der Waals surface area contributed by atoms with Gasteiger partial charge in [0, 0.05) is 18.5 Å². The number of ether oxygens (including phenoxy) is 1. The van der Waals surface area contributed by atoms with E-state index in [0.29, 0.717) is 6.10 Å². The van der Waals surface area contributed by atoms with Gasteiger partial charge in [0.05, 0.1) is 24.6 Å². The molecule has 0 saturated carbocycles. The molecule has 0 bridgehead atoms. The minimum atomic E-state index is 0.0693. The molecule has 0 amide bonds. The predicted octanol–water partition coefficient (Wildman–Crippen LogP) is 2.70. The third-order valence-corrected chi connectivity index (χ3v) is 4.65. The van der Waals surface area contributed by atoms with Gasteiger partial charge in [-0.2, -0.15) is 0 Å². The van der Waals surface area contributed by atoms with Crippen molar-refractivity contribution in [2.75, 3.05) is 24.6 Å². The first-order valence-electron chi connectivity index (χ1n) is 7.20. The Hall–Kier alpha value is -1.14. The Labute approximate surface area is 123 Å². The van der Waals surface area contributed by atoms with Crippen molar-refractivity contribution in [3.05, 3.63) is 11.9 Å². The second kappa shape index (κ2) is 5.00. The number of nitrogens with zero attached hydrogens (tertiary/aromatic N) is 4. The van der Waals surface area contributed by atoms with Crippen molar-refractivity contribution in [1.29, 1.82) is 0 Å². The molecule has 1 saturated heterocycles. The smallest absolute Gasteiger partial charge is 0.214 e. The minimum absolute atomic E-state index is 0.0693. The molecule has 3 rings (SSSR count). The molecule has 1 atom stereocenters. The van der Waals surface area contributed by atoms with E-state index in [-0.39, 0.29) is 5.41 Å². The summed E-state index contributed by atoms with van der Waals surface area (Å²) in [5.74, 6) is 0. The lowest BCUT2D eigenvalue weighted by molar-refractivity contribution is 0.0383. The van der Waals surface area contributed by atoms with Crippen LogP contribution < -0.4 is 4.90 Å². The predicted molar refractivity (Wildman–Crippen MR) is 81.8 cm³/mol. The van der Waals surface area contributed by atoms with Gasteiger partial charge in [-0.15, -0.1) is 5.10 Å². The molecule has 0 spiro atoms. The van der Waals surface area contributed by atoms with Crippen LogP contribution in [0.1, 0.15) is 39.8 Å². The number of aromatic nitrogens is 3. The Morgan fingerprint density at radius 2 is 2.25 bits per heavy atom. The van der Waals surface area contributed by atoms with Gasteiger partial charge < -0.3 is 9.64 Å². The largest absolute Gasteiger partial charge is 0.375 e. The molecule has 0 unspecified atom stereocenters. The quantitative estimate of drug-likeness (QED) is 0.854. The molecule has 1 aliphatic heterocycles. The van der Waals surface area contributed by atoms with Gasteiger partial charge in [0.2, 0.25) is 10.1 Å². The summed E-state index contributed by atoms with van der Waals surface area (Å²) >= 11 is 1.66. The van der Waals surface area contributed by atoms with Crippen LogP contribution in [0.15, 0.2) is 6.20 Å². The number of imidazole rings is 1. The summed E-state index contributed by atoms with van der Waals surface area (Å²) in [6.45, 7) is 11.3. The van der Waals surface area contributed by atoms with Crippen LogP contribution in [0.4, 0.5) is 5.13 Å². The van der Waals surface area contributed by atoms with Crippen LogP contribution in [-0.2, 0) is 10.2 Å². The summed E-state index contributed by atoms with van der Waals surface area (Å²) in [7, 11) is 0. The van der Waals surface area contributed by atoms with Crippen molar-refractivity contribution in [2.24, 2.45) is 0 Å². The number of hydrogen-bond donors (Lipinski definition) is 0. The monoisotopic (exact) mass is 294 g/mol. The Morgan fingerprint density at radius 1 is 1.45 bits per heavy atom. The third kappa shape index (κ3) is 2.54. The van der Waals surface area contributed by atoms with E-state index >= 15 is 0 Å². The van der Waals surface area contributed by atoms with Crippen molar-refractivity contribution in [3.63, 3.8) is 0 Å². The summed E-state index contributed by atoms with van der Waals surface area (Å²) in [5.41, 5.74) is 1.16. The maximum atomic E-state index is 5.71. The fourth-order valence-electron chi connectivity index (χ4n) is 2.32. The molecule has 2 aromatic heterocycles. The molecule has 0 radical (unpaired) electrons. The Kier molecular flexibility index (Phi) is 3.46. The zero-order valence-electron chi connectivity index (χ0n) is 12.6. The molecule has 20 heavy (non-hydrogen) atoms. The van der Waals surface area contributed by atoms with Gasteiger partial charge in [-0.3, -0.25) is 0 Å². The molecule has 3 heterocycles.